The fourth-order valence-electron chi connectivity index (χ4n) is 2.91. The molecule has 18 heavy (non-hydrogen) atoms. The summed E-state index contributed by atoms with van der Waals surface area (Å²) < 4.78 is 0. The Bertz CT molecular complexity index is 243. The second-order valence-corrected chi connectivity index (χ2v) is 5.61. The highest BCUT2D eigenvalue weighted by Gasteiger charge is 2.28. The van der Waals surface area contributed by atoms with Crippen molar-refractivity contribution in [2.45, 2.75) is 71.3 Å². The van der Waals surface area contributed by atoms with E-state index >= 15 is 0 Å². The molecule has 106 valence electrons. The zero-order valence-electron chi connectivity index (χ0n) is 12.0. The third-order valence-electron chi connectivity index (χ3n) is 4.18. The van der Waals surface area contributed by atoms with Gasteiger partial charge in [-0.05, 0) is 31.7 Å². The zero-order valence-corrected chi connectivity index (χ0v) is 12.0. The molecule has 0 aromatic heterocycles. The highest BCUT2D eigenvalue weighted by Crippen LogP contribution is 2.21. The highest BCUT2D eigenvalue weighted by atomic mass is 16.4. The first kappa shape index (κ1) is 15.5. The van der Waals surface area contributed by atoms with Crippen LogP contribution in [-0.4, -0.2) is 35.1 Å². The maximum Gasteiger partial charge on any atom is 0.320 e. The lowest BCUT2D eigenvalue weighted by Crippen LogP contribution is -2.43. The van der Waals surface area contributed by atoms with Gasteiger partial charge in [-0.15, -0.1) is 0 Å². The van der Waals surface area contributed by atoms with Crippen molar-refractivity contribution in [1.29, 1.82) is 0 Å². The van der Waals surface area contributed by atoms with Gasteiger partial charge in [-0.1, -0.05) is 46.0 Å². The van der Waals surface area contributed by atoms with Gasteiger partial charge in [0, 0.05) is 6.54 Å². The van der Waals surface area contributed by atoms with Crippen LogP contribution in [0.25, 0.3) is 0 Å². The van der Waals surface area contributed by atoms with E-state index < -0.39 is 5.97 Å². The van der Waals surface area contributed by atoms with Crippen LogP contribution in [0.5, 0.6) is 0 Å². The number of hydrogen-bond donors (Lipinski definition) is 1. The van der Waals surface area contributed by atoms with Gasteiger partial charge < -0.3 is 5.11 Å². The van der Waals surface area contributed by atoms with E-state index in [0.717, 1.165) is 32.4 Å². The molecule has 0 aliphatic carbocycles. The zero-order chi connectivity index (χ0) is 13.4. The molecule has 1 N–H and O–H groups in total. The maximum atomic E-state index is 11.4. The minimum Gasteiger partial charge on any atom is -0.480 e. The lowest BCUT2D eigenvalue weighted by atomic mass is 9.97. The molecule has 0 amide bonds. The Labute approximate surface area is 112 Å². The summed E-state index contributed by atoms with van der Waals surface area (Å²) in [5.74, 6) is 0.0483. The van der Waals surface area contributed by atoms with Gasteiger partial charge in [-0.25, -0.2) is 0 Å². The molecule has 1 aliphatic rings. The summed E-state index contributed by atoms with van der Waals surface area (Å²) >= 11 is 0. The molecule has 0 saturated carbocycles. The Hall–Kier alpha value is -0.570. The Morgan fingerprint density at radius 2 is 2.11 bits per heavy atom. The van der Waals surface area contributed by atoms with E-state index in [1.165, 1.54) is 32.1 Å². The summed E-state index contributed by atoms with van der Waals surface area (Å²) in [5, 5.41) is 9.35. The molecular weight excluding hydrogens is 226 g/mol. The van der Waals surface area contributed by atoms with E-state index in [0.29, 0.717) is 5.92 Å². The number of aliphatic carboxylic acids is 1. The molecule has 1 rings (SSSR count). The number of carboxylic acids is 1. The summed E-state index contributed by atoms with van der Waals surface area (Å²) in [6, 6.07) is -0.233. The van der Waals surface area contributed by atoms with E-state index in [9.17, 15) is 9.90 Å². The number of hydrogen-bond acceptors (Lipinski definition) is 2. The average Bonchev–Trinajstić information content (AvgIpc) is 2.59. The molecule has 0 radical (unpaired) electrons. The molecule has 1 fully saturated rings. The Morgan fingerprint density at radius 3 is 2.72 bits per heavy atom. The van der Waals surface area contributed by atoms with Crippen LogP contribution in [0.15, 0.2) is 0 Å². The molecule has 2 unspecified atom stereocenters. The number of nitrogens with zero attached hydrogens (tertiary/aromatic N) is 1. The predicted molar refractivity (Wildman–Crippen MR) is 74.8 cm³/mol. The second kappa shape index (κ2) is 8.52. The van der Waals surface area contributed by atoms with Gasteiger partial charge in [-0.2, -0.15) is 0 Å². The first-order valence-electron chi connectivity index (χ1n) is 7.65. The van der Waals surface area contributed by atoms with Crippen LogP contribution < -0.4 is 0 Å². The molecular formula is C15H29NO2. The molecule has 2 atom stereocenters. The fourth-order valence-corrected chi connectivity index (χ4v) is 2.91. The monoisotopic (exact) mass is 255 g/mol. The molecule has 0 aromatic rings. The molecule has 1 aliphatic heterocycles. The molecule has 3 nitrogen and oxygen atoms in total. The van der Waals surface area contributed by atoms with Gasteiger partial charge in [0.2, 0.25) is 0 Å². The van der Waals surface area contributed by atoms with Crippen molar-refractivity contribution in [1.82, 2.24) is 4.90 Å². The van der Waals surface area contributed by atoms with Crippen molar-refractivity contribution in [2.75, 3.05) is 13.1 Å². The van der Waals surface area contributed by atoms with Crippen molar-refractivity contribution in [3.63, 3.8) is 0 Å². The Kier molecular flexibility index (Phi) is 7.33. The summed E-state index contributed by atoms with van der Waals surface area (Å²) in [5.41, 5.74) is 0. The number of unbranched alkanes of at least 4 members (excludes halogenated alkanes) is 1. The Morgan fingerprint density at radius 1 is 1.33 bits per heavy atom. The quantitative estimate of drug-likeness (QED) is 0.756. The van der Waals surface area contributed by atoms with E-state index in [-0.39, 0.29) is 6.04 Å². The SMILES string of the molecule is CCCCC(CC)CN1CCCCCC1C(=O)O. The normalized spacial score (nSPS) is 23.6. The van der Waals surface area contributed by atoms with Gasteiger partial charge >= 0.3 is 5.97 Å². The van der Waals surface area contributed by atoms with Gasteiger partial charge in [0.25, 0.3) is 0 Å². The summed E-state index contributed by atoms with van der Waals surface area (Å²) in [6.07, 6.45) is 9.17. The van der Waals surface area contributed by atoms with Crippen LogP contribution in [0.2, 0.25) is 0 Å². The van der Waals surface area contributed by atoms with Crippen LogP contribution >= 0.6 is 0 Å². The first-order chi connectivity index (χ1) is 8.69. The smallest absolute Gasteiger partial charge is 0.320 e. The molecule has 0 bridgehead atoms. The fraction of sp³-hybridized carbons (Fsp3) is 0.933. The first-order valence-corrected chi connectivity index (χ1v) is 7.65. The average molecular weight is 255 g/mol. The standard InChI is InChI=1S/C15H29NO2/c1-3-5-9-13(4-2)12-16-11-8-6-7-10-14(16)15(17)18/h13-14H,3-12H2,1-2H3,(H,17,18). The molecule has 1 heterocycles. The molecule has 0 spiro atoms. The van der Waals surface area contributed by atoms with Crippen molar-refractivity contribution < 1.29 is 9.90 Å². The van der Waals surface area contributed by atoms with Crippen molar-refractivity contribution in [2.24, 2.45) is 5.92 Å². The highest BCUT2D eigenvalue weighted by molar-refractivity contribution is 5.73. The third-order valence-corrected chi connectivity index (χ3v) is 4.18. The number of carboxylic acid groups (broad SMARTS) is 1. The number of carbonyl (C=O) groups is 1. The van der Waals surface area contributed by atoms with Crippen LogP contribution in [0, 0.1) is 5.92 Å². The van der Waals surface area contributed by atoms with Gasteiger partial charge in [-0.3, -0.25) is 9.69 Å². The summed E-state index contributed by atoms with van der Waals surface area (Å²) in [7, 11) is 0. The molecule has 0 aromatic carbocycles. The van der Waals surface area contributed by atoms with Crippen LogP contribution in [0.3, 0.4) is 0 Å². The lowest BCUT2D eigenvalue weighted by Gasteiger charge is -2.30. The van der Waals surface area contributed by atoms with Crippen molar-refractivity contribution in [3.05, 3.63) is 0 Å². The van der Waals surface area contributed by atoms with E-state index in [1.54, 1.807) is 0 Å². The van der Waals surface area contributed by atoms with Crippen LogP contribution in [0.4, 0.5) is 0 Å². The van der Waals surface area contributed by atoms with E-state index in [4.69, 9.17) is 0 Å². The van der Waals surface area contributed by atoms with Gasteiger partial charge in [0.15, 0.2) is 0 Å². The van der Waals surface area contributed by atoms with E-state index in [2.05, 4.69) is 18.7 Å². The molecule has 3 heteroatoms. The minimum absolute atomic E-state index is 0.233. The van der Waals surface area contributed by atoms with Crippen LogP contribution in [0.1, 0.15) is 65.2 Å². The van der Waals surface area contributed by atoms with E-state index in [1.807, 2.05) is 0 Å². The molecule has 1 saturated heterocycles. The van der Waals surface area contributed by atoms with Gasteiger partial charge in [0.1, 0.15) is 6.04 Å². The minimum atomic E-state index is -0.623. The largest absolute Gasteiger partial charge is 0.480 e. The summed E-state index contributed by atoms with van der Waals surface area (Å²) in [6.45, 7) is 6.40. The summed E-state index contributed by atoms with van der Waals surface area (Å²) in [4.78, 5) is 13.6. The third kappa shape index (κ3) is 4.97. The Balaban J connectivity index is 2.55. The van der Waals surface area contributed by atoms with Gasteiger partial charge in [0.05, 0.1) is 0 Å². The predicted octanol–water partition coefficient (Wildman–Crippen LogP) is 3.53. The topological polar surface area (TPSA) is 40.5 Å². The lowest BCUT2D eigenvalue weighted by molar-refractivity contribution is -0.143. The number of rotatable bonds is 7. The number of likely N-dealkylation sites (tertiary alicyclic amines) is 1. The van der Waals surface area contributed by atoms with Crippen molar-refractivity contribution >= 4 is 5.97 Å². The maximum absolute atomic E-state index is 11.4. The van der Waals surface area contributed by atoms with Crippen LogP contribution in [-0.2, 0) is 4.79 Å². The van der Waals surface area contributed by atoms with Crippen molar-refractivity contribution in [3.8, 4) is 0 Å². The second-order valence-electron chi connectivity index (χ2n) is 5.61.